The normalized spacial score (nSPS) is 14.4. The van der Waals surface area contributed by atoms with Crippen LogP contribution in [0.25, 0.3) is 10.9 Å². The van der Waals surface area contributed by atoms with Gasteiger partial charge in [-0.15, -0.1) is 0 Å². The van der Waals surface area contributed by atoms with Crippen molar-refractivity contribution in [3.05, 3.63) is 29.8 Å². The third-order valence-corrected chi connectivity index (χ3v) is 4.46. The smallest absolute Gasteiger partial charge is 0.243 e. The van der Waals surface area contributed by atoms with E-state index < -0.39 is 0 Å². The van der Waals surface area contributed by atoms with Gasteiger partial charge in [0.15, 0.2) is 0 Å². The summed E-state index contributed by atoms with van der Waals surface area (Å²) in [6, 6.07) is 7.84. The number of piperidine rings is 1. The van der Waals surface area contributed by atoms with Crippen LogP contribution in [0, 0.1) is 6.92 Å². The molecule has 25 heavy (non-hydrogen) atoms. The number of aromatic nitrogens is 1. The number of hydrogen-bond donors (Lipinski definition) is 2. The molecule has 2 N–H and O–H groups in total. The van der Waals surface area contributed by atoms with Crippen molar-refractivity contribution < 1.29 is 9.59 Å². The molecule has 0 aliphatic carbocycles. The number of carbonyl (C=O) groups excluding carboxylic acids is 2. The molecule has 0 saturated carbocycles. The number of amides is 2. The summed E-state index contributed by atoms with van der Waals surface area (Å²) >= 11 is 0. The van der Waals surface area contributed by atoms with E-state index in [1.807, 2.05) is 18.2 Å². The van der Waals surface area contributed by atoms with E-state index in [-0.39, 0.29) is 18.4 Å². The summed E-state index contributed by atoms with van der Waals surface area (Å²) in [5, 5.41) is 6.32. The molecule has 132 valence electrons. The molecule has 0 bridgehead atoms. The number of anilines is 2. The second kappa shape index (κ2) is 7.51. The molecule has 2 heterocycles. The maximum absolute atomic E-state index is 11.9. The van der Waals surface area contributed by atoms with Gasteiger partial charge in [-0.05, 0) is 56.0 Å². The maximum Gasteiger partial charge on any atom is 0.243 e. The standard InChI is InChI=1S/C19H24N4O2/c1-13-10-18(23-8-4-3-5-9-23)22-17-7-6-15(11-16(13)17)21-19(25)12-20-14(2)24/h6-7,10-11H,3-5,8-9,12H2,1-2H3,(H,20,24)(H,21,25). The monoisotopic (exact) mass is 340 g/mol. The van der Waals surface area contributed by atoms with Crippen LogP contribution in [0.15, 0.2) is 24.3 Å². The van der Waals surface area contributed by atoms with Crippen LogP contribution < -0.4 is 15.5 Å². The van der Waals surface area contributed by atoms with Crippen molar-refractivity contribution in [2.24, 2.45) is 0 Å². The Morgan fingerprint density at radius 1 is 1.16 bits per heavy atom. The second-order valence-electron chi connectivity index (χ2n) is 6.53. The largest absolute Gasteiger partial charge is 0.357 e. The van der Waals surface area contributed by atoms with Crippen molar-refractivity contribution in [1.82, 2.24) is 10.3 Å². The number of rotatable bonds is 4. The summed E-state index contributed by atoms with van der Waals surface area (Å²) in [5.41, 5.74) is 2.78. The zero-order valence-corrected chi connectivity index (χ0v) is 14.8. The van der Waals surface area contributed by atoms with Gasteiger partial charge in [0.2, 0.25) is 11.8 Å². The van der Waals surface area contributed by atoms with Gasteiger partial charge in [0, 0.05) is 31.1 Å². The lowest BCUT2D eigenvalue weighted by atomic mass is 10.1. The summed E-state index contributed by atoms with van der Waals surface area (Å²) in [4.78, 5) is 29.9. The van der Waals surface area contributed by atoms with Crippen molar-refractivity contribution in [3.63, 3.8) is 0 Å². The van der Waals surface area contributed by atoms with Crippen molar-refractivity contribution >= 4 is 34.2 Å². The van der Waals surface area contributed by atoms with Crippen LogP contribution in [0.1, 0.15) is 31.7 Å². The Kier molecular flexibility index (Phi) is 5.16. The number of fused-ring (bicyclic) bond motifs is 1. The van der Waals surface area contributed by atoms with Gasteiger partial charge < -0.3 is 15.5 Å². The third-order valence-electron chi connectivity index (χ3n) is 4.46. The van der Waals surface area contributed by atoms with Crippen LogP contribution in [0.4, 0.5) is 11.5 Å². The van der Waals surface area contributed by atoms with E-state index in [2.05, 4.69) is 28.5 Å². The Balaban J connectivity index is 1.79. The second-order valence-corrected chi connectivity index (χ2v) is 6.53. The lowest BCUT2D eigenvalue weighted by Gasteiger charge is -2.28. The summed E-state index contributed by atoms with van der Waals surface area (Å²) < 4.78 is 0. The molecule has 0 radical (unpaired) electrons. The van der Waals surface area contributed by atoms with Crippen molar-refractivity contribution in [2.75, 3.05) is 29.9 Å². The minimum Gasteiger partial charge on any atom is -0.357 e. The molecule has 1 aromatic carbocycles. The molecule has 6 nitrogen and oxygen atoms in total. The number of nitrogens with zero attached hydrogens (tertiary/aromatic N) is 2. The molecule has 0 spiro atoms. The van der Waals surface area contributed by atoms with E-state index in [0.717, 1.165) is 35.4 Å². The fourth-order valence-corrected chi connectivity index (χ4v) is 3.15. The van der Waals surface area contributed by atoms with Gasteiger partial charge in [-0.25, -0.2) is 4.98 Å². The maximum atomic E-state index is 11.9. The number of benzene rings is 1. The van der Waals surface area contributed by atoms with Crippen LogP contribution in [-0.4, -0.2) is 36.4 Å². The molecule has 2 aromatic rings. The molecular weight excluding hydrogens is 316 g/mol. The predicted octanol–water partition coefficient (Wildman–Crippen LogP) is 2.61. The van der Waals surface area contributed by atoms with E-state index in [1.165, 1.54) is 26.2 Å². The summed E-state index contributed by atoms with van der Waals surface area (Å²) in [6.07, 6.45) is 3.74. The number of carbonyl (C=O) groups is 2. The highest BCUT2D eigenvalue weighted by atomic mass is 16.2. The van der Waals surface area contributed by atoms with E-state index in [9.17, 15) is 9.59 Å². The van der Waals surface area contributed by atoms with Crippen LogP contribution in [0.5, 0.6) is 0 Å². The fourth-order valence-electron chi connectivity index (χ4n) is 3.15. The minimum absolute atomic E-state index is 0.0293. The van der Waals surface area contributed by atoms with Gasteiger partial charge in [0.25, 0.3) is 0 Å². The van der Waals surface area contributed by atoms with Gasteiger partial charge in [0.1, 0.15) is 5.82 Å². The first-order valence-electron chi connectivity index (χ1n) is 8.73. The summed E-state index contributed by atoms with van der Waals surface area (Å²) in [6.45, 7) is 5.56. The fraction of sp³-hybridized carbons (Fsp3) is 0.421. The van der Waals surface area contributed by atoms with Gasteiger partial charge in [-0.2, -0.15) is 0 Å². The van der Waals surface area contributed by atoms with E-state index in [4.69, 9.17) is 4.98 Å². The van der Waals surface area contributed by atoms with Gasteiger partial charge in [-0.1, -0.05) is 0 Å². The summed E-state index contributed by atoms with van der Waals surface area (Å²) in [5.74, 6) is 0.566. The van der Waals surface area contributed by atoms with Crippen LogP contribution in [0.2, 0.25) is 0 Å². The first-order valence-corrected chi connectivity index (χ1v) is 8.73. The lowest BCUT2D eigenvalue weighted by molar-refractivity contribution is -0.122. The third kappa shape index (κ3) is 4.26. The van der Waals surface area contributed by atoms with Crippen LogP contribution in [-0.2, 0) is 9.59 Å². The van der Waals surface area contributed by atoms with Gasteiger partial charge >= 0.3 is 0 Å². The lowest BCUT2D eigenvalue weighted by Crippen LogP contribution is -2.31. The molecule has 0 atom stereocenters. The quantitative estimate of drug-likeness (QED) is 0.897. The zero-order chi connectivity index (χ0) is 17.8. The van der Waals surface area contributed by atoms with E-state index in [0.29, 0.717) is 5.69 Å². The molecule has 1 aromatic heterocycles. The highest BCUT2D eigenvalue weighted by molar-refractivity contribution is 5.97. The zero-order valence-electron chi connectivity index (χ0n) is 14.8. The van der Waals surface area contributed by atoms with Gasteiger partial charge in [0.05, 0.1) is 12.1 Å². The molecule has 0 unspecified atom stereocenters. The Morgan fingerprint density at radius 2 is 1.92 bits per heavy atom. The van der Waals surface area contributed by atoms with Crippen molar-refractivity contribution in [2.45, 2.75) is 33.1 Å². The Labute approximate surface area is 147 Å². The van der Waals surface area contributed by atoms with Gasteiger partial charge in [-0.3, -0.25) is 9.59 Å². The molecule has 1 aliphatic rings. The number of hydrogen-bond acceptors (Lipinski definition) is 4. The Bertz CT molecular complexity index is 797. The summed E-state index contributed by atoms with van der Waals surface area (Å²) in [7, 11) is 0. The van der Waals surface area contributed by atoms with E-state index in [1.54, 1.807) is 0 Å². The molecule has 1 aliphatic heterocycles. The number of aryl methyl sites for hydroxylation is 1. The highest BCUT2D eigenvalue weighted by Crippen LogP contribution is 2.26. The van der Waals surface area contributed by atoms with E-state index >= 15 is 0 Å². The molecule has 6 heteroatoms. The average Bonchev–Trinajstić information content (AvgIpc) is 2.61. The molecule has 1 fully saturated rings. The number of pyridine rings is 1. The average molecular weight is 340 g/mol. The predicted molar refractivity (Wildman–Crippen MR) is 99.9 cm³/mol. The first-order chi connectivity index (χ1) is 12.0. The SMILES string of the molecule is CC(=O)NCC(=O)Nc1ccc2nc(N3CCCCC3)cc(C)c2c1. The first kappa shape index (κ1) is 17.2. The minimum atomic E-state index is -0.245. The number of nitrogens with one attached hydrogen (secondary N) is 2. The topological polar surface area (TPSA) is 74.3 Å². The van der Waals surface area contributed by atoms with Crippen molar-refractivity contribution in [1.29, 1.82) is 0 Å². The molecular formula is C19H24N4O2. The molecule has 3 rings (SSSR count). The Hall–Kier alpha value is -2.63. The van der Waals surface area contributed by atoms with Crippen LogP contribution in [0.3, 0.4) is 0 Å². The van der Waals surface area contributed by atoms with Crippen molar-refractivity contribution in [3.8, 4) is 0 Å². The van der Waals surface area contributed by atoms with Crippen LogP contribution >= 0.6 is 0 Å². The Morgan fingerprint density at radius 3 is 2.64 bits per heavy atom. The highest BCUT2D eigenvalue weighted by Gasteiger charge is 2.14. The molecule has 1 saturated heterocycles. The molecule has 2 amide bonds.